The number of hydrogen-bond donors (Lipinski definition) is 0. The highest BCUT2D eigenvalue weighted by Crippen LogP contribution is 2.40. The summed E-state index contributed by atoms with van der Waals surface area (Å²) < 4.78 is 0. The second-order valence-electron chi connectivity index (χ2n) is 11.0. The van der Waals surface area contributed by atoms with Crippen molar-refractivity contribution in [2.75, 3.05) is 0 Å². The Kier molecular flexibility index (Phi) is 5.90. The highest BCUT2D eigenvalue weighted by molar-refractivity contribution is 6.15. The van der Waals surface area contributed by atoms with E-state index < -0.39 is 0 Å². The van der Waals surface area contributed by atoms with Crippen molar-refractivity contribution in [1.29, 1.82) is 0 Å². The molecular formula is C42H28. The molecule has 0 N–H and O–H groups in total. The normalized spacial score (nSPS) is 11.3. The molecule has 0 amide bonds. The number of hydrogen-bond acceptors (Lipinski definition) is 0. The van der Waals surface area contributed by atoms with Gasteiger partial charge in [-0.1, -0.05) is 152 Å². The van der Waals surface area contributed by atoms with Crippen molar-refractivity contribution in [3.05, 3.63) is 170 Å². The molecule has 0 saturated carbocycles. The molecule has 0 heteroatoms. The van der Waals surface area contributed by atoms with Crippen LogP contribution in [0.3, 0.4) is 0 Å². The van der Waals surface area contributed by atoms with E-state index in [0.29, 0.717) is 0 Å². The van der Waals surface area contributed by atoms with Crippen LogP contribution in [-0.2, 0) is 0 Å². The quantitative estimate of drug-likeness (QED) is 0.198. The fourth-order valence-electron chi connectivity index (χ4n) is 6.33. The maximum absolute atomic E-state index is 2.38. The van der Waals surface area contributed by atoms with E-state index in [1.165, 1.54) is 76.8 Å². The van der Waals surface area contributed by atoms with E-state index in [9.17, 15) is 0 Å². The van der Waals surface area contributed by atoms with Gasteiger partial charge in [-0.15, -0.1) is 0 Å². The van der Waals surface area contributed by atoms with Crippen LogP contribution < -0.4 is 0 Å². The molecule has 0 aromatic heterocycles. The molecule has 0 bridgehead atoms. The van der Waals surface area contributed by atoms with Gasteiger partial charge in [0, 0.05) is 0 Å². The first-order valence-corrected chi connectivity index (χ1v) is 14.5. The van der Waals surface area contributed by atoms with Crippen LogP contribution >= 0.6 is 0 Å². The summed E-state index contributed by atoms with van der Waals surface area (Å²) in [6.07, 6.45) is 0. The number of rotatable bonds is 4. The van der Waals surface area contributed by atoms with Crippen LogP contribution in [0.25, 0.3) is 76.8 Å². The Morgan fingerprint density at radius 3 is 1.57 bits per heavy atom. The zero-order valence-corrected chi connectivity index (χ0v) is 23.2. The van der Waals surface area contributed by atoms with Gasteiger partial charge in [0.2, 0.25) is 0 Å². The maximum Gasteiger partial charge on any atom is -0.00928 e. The predicted molar refractivity (Wildman–Crippen MR) is 181 cm³/mol. The van der Waals surface area contributed by atoms with E-state index in [4.69, 9.17) is 0 Å². The first-order valence-electron chi connectivity index (χ1n) is 14.5. The van der Waals surface area contributed by atoms with E-state index in [2.05, 4.69) is 170 Å². The molecule has 0 radical (unpaired) electrons. The van der Waals surface area contributed by atoms with Crippen LogP contribution in [0.15, 0.2) is 170 Å². The van der Waals surface area contributed by atoms with Gasteiger partial charge in [-0.2, -0.15) is 0 Å². The molecule has 196 valence electrons. The van der Waals surface area contributed by atoms with Gasteiger partial charge < -0.3 is 0 Å². The van der Waals surface area contributed by atoms with Crippen LogP contribution in [0, 0.1) is 0 Å². The van der Waals surface area contributed by atoms with Gasteiger partial charge in [-0.3, -0.25) is 0 Å². The second kappa shape index (κ2) is 10.2. The van der Waals surface area contributed by atoms with Crippen molar-refractivity contribution < 1.29 is 0 Å². The van der Waals surface area contributed by atoms with Crippen molar-refractivity contribution in [2.45, 2.75) is 0 Å². The van der Waals surface area contributed by atoms with Gasteiger partial charge in [0.25, 0.3) is 0 Å². The summed E-state index contributed by atoms with van der Waals surface area (Å²) in [5, 5.41) is 7.63. The Balaban J connectivity index is 1.30. The molecule has 8 rings (SSSR count). The summed E-state index contributed by atoms with van der Waals surface area (Å²) in [7, 11) is 0. The predicted octanol–water partition coefficient (Wildman–Crippen LogP) is 11.8. The molecule has 42 heavy (non-hydrogen) atoms. The topological polar surface area (TPSA) is 0 Å². The highest BCUT2D eigenvalue weighted by Gasteiger charge is 2.13. The van der Waals surface area contributed by atoms with Crippen molar-refractivity contribution >= 4 is 32.3 Å². The monoisotopic (exact) mass is 532 g/mol. The van der Waals surface area contributed by atoms with Crippen LogP contribution in [0.4, 0.5) is 0 Å². The third kappa shape index (κ3) is 4.26. The Bertz CT molecular complexity index is 2200. The van der Waals surface area contributed by atoms with Crippen molar-refractivity contribution in [2.24, 2.45) is 0 Å². The summed E-state index contributed by atoms with van der Waals surface area (Å²) in [5.41, 5.74) is 9.93. The Morgan fingerprint density at radius 2 is 0.786 bits per heavy atom. The molecule has 0 saturated heterocycles. The van der Waals surface area contributed by atoms with Crippen molar-refractivity contribution in [3.8, 4) is 44.5 Å². The molecule has 0 nitrogen and oxygen atoms in total. The summed E-state index contributed by atoms with van der Waals surface area (Å²) in [5.74, 6) is 0. The highest BCUT2D eigenvalue weighted by atomic mass is 14.2. The third-order valence-corrected chi connectivity index (χ3v) is 8.46. The molecule has 8 aromatic rings. The molecule has 0 unspecified atom stereocenters. The molecular weight excluding hydrogens is 504 g/mol. The molecule has 0 aliphatic carbocycles. The smallest absolute Gasteiger partial charge is 0.00928 e. The van der Waals surface area contributed by atoms with Crippen molar-refractivity contribution in [3.63, 3.8) is 0 Å². The minimum atomic E-state index is 1.23. The minimum Gasteiger partial charge on any atom is -0.0622 e. The van der Waals surface area contributed by atoms with Gasteiger partial charge in [0.1, 0.15) is 0 Å². The summed E-state index contributed by atoms with van der Waals surface area (Å²) in [4.78, 5) is 0. The van der Waals surface area contributed by atoms with Crippen molar-refractivity contribution in [1.82, 2.24) is 0 Å². The van der Waals surface area contributed by atoms with Gasteiger partial charge in [-0.25, -0.2) is 0 Å². The molecule has 0 spiro atoms. The average molecular weight is 533 g/mol. The van der Waals surface area contributed by atoms with E-state index in [1.54, 1.807) is 0 Å². The molecule has 0 heterocycles. The van der Waals surface area contributed by atoms with Crippen LogP contribution in [-0.4, -0.2) is 0 Å². The molecule has 0 aliphatic rings. The van der Waals surface area contributed by atoms with Gasteiger partial charge in [-0.05, 0) is 95.0 Å². The lowest BCUT2D eigenvalue weighted by Gasteiger charge is -2.15. The fourth-order valence-corrected chi connectivity index (χ4v) is 6.33. The van der Waals surface area contributed by atoms with Crippen LogP contribution in [0.2, 0.25) is 0 Å². The van der Waals surface area contributed by atoms with Crippen LogP contribution in [0.1, 0.15) is 0 Å². The molecule has 0 atom stereocenters. The fraction of sp³-hybridized carbons (Fsp3) is 0. The zero-order valence-electron chi connectivity index (χ0n) is 23.2. The second-order valence-corrected chi connectivity index (χ2v) is 11.0. The molecule has 8 aromatic carbocycles. The first kappa shape index (κ1) is 24.3. The SMILES string of the molecule is c1ccc(-c2ccc(-c3ccc4c(c3)cc(-c3ccccc3)c3cc(-c5cccc6ccccc56)ccc34)cc2)cc1. The van der Waals surface area contributed by atoms with E-state index in [-0.39, 0.29) is 0 Å². The standard InChI is InChI=1S/C42H28/c1-3-10-29(11-4-1)30-18-20-31(21-19-30)34-22-24-39-36(26-34)28-41(33-12-5-2-6-13-33)42-27-35(23-25-40(39)42)38-17-9-15-32-14-7-8-16-37(32)38/h1-28H. The largest absolute Gasteiger partial charge is 0.0622 e. The Morgan fingerprint density at radius 1 is 0.214 bits per heavy atom. The van der Waals surface area contributed by atoms with E-state index in [1.807, 2.05) is 0 Å². The summed E-state index contributed by atoms with van der Waals surface area (Å²) in [6, 6.07) is 61.8. The van der Waals surface area contributed by atoms with Gasteiger partial charge >= 0.3 is 0 Å². The lowest BCUT2D eigenvalue weighted by Crippen LogP contribution is -1.88. The molecule has 0 fully saturated rings. The Labute approximate surface area is 246 Å². The summed E-state index contributed by atoms with van der Waals surface area (Å²) in [6.45, 7) is 0. The van der Waals surface area contributed by atoms with Gasteiger partial charge in [0.05, 0.1) is 0 Å². The van der Waals surface area contributed by atoms with E-state index in [0.717, 1.165) is 0 Å². The number of benzene rings is 8. The lowest BCUT2D eigenvalue weighted by molar-refractivity contribution is 1.60. The number of fused-ring (bicyclic) bond motifs is 4. The van der Waals surface area contributed by atoms with E-state index >= 15 is 0 Å². The van der Waals surface area contributed by atoms with Crippen LogP contribution in [0.5, 0.6) is 0 Å². The maximum atomic E-state index is 2.38. The third-order valence-electron chi connectivity index (χ3n) is 8.46. The Hall–Kier alpha value is -5.46. The lowest BCUT2D eigenvalue weighted by atomic mass is 9.89. The first-order chi connectivity index (χ1) is 20.8. The van der Waals surface area contributed by atoms with Gasteiger partial charge in [0.15, 0.2) is 0 Å². The summed E-state index contributed by atoms with van der Waals surface area (Å²) >= 11 is 0. The zero-order chi connectivity index (χ0) is 27.9. The average Bonchev–Trinajstić information content (AvgIpc) is 3.08. The minimum absolute atomic E-state index is 1.23. The molecule has 0 aliphatic heterocycles.